The zero-order valence-electron chi connectivity index (χ0n) is 13.4. The van der Waals surface area contributed by atoms with Crippen molar-refractivity contribution in [3.8, 4) is 0 Å². The molecule has 1 aliphatic rings. The predicted octanol–water partition coefficient (Wildman–Crippen LogP) is 3.39. The number of hydrogen-bond acceptors (Lipinski definition) is 3. The van der Waals surface area contributed by atoms with Gasteiger partial charge in [-0.05, 0) is 23.4 Å². The van der Waals surface area contributed by atoms with Gasteiger partial charge in [0.15, 0.2) is 0 Å². The van der Waals surface area contributed by atoms with Crippen LogP contribution < -0.4 is 0 Å². The molecule has 1 amide bonds. The molecule has 0 spiro atoms. The molecule has 0 unspecified atom stereocenters. The maximum absolute atomic E-state index is 12.5. The van der Waals surface area contributed by atoms with Crippen molar-refractivity contribution in [2.45, 2.75) is 25.9 Å². The van der Waals surface area contributed by atoms with Crippen LogP contribution in [0.1, 0.15) is 27.3 Å². The summed E-state index contributed by atoms with van der Waals surface area (Å²) in [4.78, 5) is 18.9. The van der Waals surface area contributed by atoms with E-state index in [9.17, 15) is 4.79 Å². The molecule has 1 aromatic carbocycles. The van der Waals surface area contributed by atoms with Crippen LogP contribution in [0.15, 0.2) is 53.5 Å². The lowest BCUT2D eigenvalue weighted by Crippen LogP contribution is -2.36. The van der Waals surface area contributed by atoms with Crippen molar-refractivity contribution in [1.29, 1.82) is 0 Å². The molecular weight excluding hydrogens is 318 g/mol. The highest BCUT2D eigenvalue weighted by Gasteiger charge is 2.25. The molecule has 0 N–H and O–H groups in total. The first-order valence-electron chi connectivity index (χ1n) is 8.19. The fourth-order valence-electron chi connectivity index (χ4n) is 3.20. The molecular formula is C19H19N3OS. The molecule has 122 valence electrons. The molecule has 5 heteroatoms. The van der Waals surface area contributed by atoms with Gasteiger partial charge in [-0.1, -0.05) is 30.3 Å². The lowest BCUT2D eigenvalue weighted by atomic mass is 10.1. The Morgan fingerprint density at radius 2 is 2.08 bits per heavy atom. The van der Waals surface area contributed by atoms with Gasteiger partial charge in [0.05, 0.1) is 24.1 Å². The summed E-state index contributed by atoms with van der Waals surface area (Å²) in [6.45, 7) is 2.31. The topological polar surface area (TPSA) is 38.1 Å². The first-order valence-corrected chi connectivity index (χ1v) is 9.14. The van der Waals surface area contributed by atoms with Crippen LogP contribution in [0.25, 0.3) is 0 Å². The molecule has 0 atom stereocenters. The summed E-state index contributed by atoms with van der Waals surface area (Å²) in [5, 5.41) is 3.86. The van der Waals surface area contributed by atoms with Crippen molar-refractivity contribution in [3.05, 3.63) is 76.0 Å². The number of amides is 1. The van der Waals surface area contributed by atoms with E-state index in [0.29, 0.717) is 6.54 Å². The van der Waals surface area contributed by atoms with Crippen LogP contribution in [-0.4, -0.2) is 26.9 Å². The molecule has 0 radical (unpaired) electrons. The van der Waals surface area contributed by atoms with Crippen molar-refractivity contribution in [2.75, 3.05) is 6.54 Å². The lowest BCUT2D eigenvalue weighted by molar-refractivity contribution is 0.0731. The number of carbonyl (C=O) groups is 1. The molecule has 0 bridgehead atoms. The molecule has 4 rings (SSSR count). The van der Waals surface area contributed by atoms with Crippen LogP contribution in [0, 0.1) is 0 Å². The summed E-state index contributed by atoms with van der Waals surface area (Å²) < 4.78 is 2.24. The molecule has 3 heterocycles. The van der Waals surface area contributed by atoms with Crippen LogP contribution in [0.4, 0.5) is 0 Å². The van der Waals surface area contributed by atoms with Gasteiger partial charge < -0.3 is 9.47 Å². The summed E-state index contributed by atoms with van der Waals surface area (Å²) >= 11 is 1.56. The molecule has 0 saturated heterocycles. The normalized spacial score (nSPS) is 13.8. The first-order chi connectivity index (χ1) is 11.8. The summed E-state index contributed by atoms with van der Waals surface area (Å²) in [7, 11) is 0. The Morgan fingerprint density at radius 1 is 1.21 bits per heavy atom. The Kier molecular flexibility index (Phi) is 4.17. The second-order valence-electron chi connectivity index (χ2n) is 6.06. The second-order valence-corrected chi connectivity index (χ2v) is 6.84. The van der Waals surface area contributed by atoms with E-state index in [1.54, 1.807) is 11.3 Å². The van der Waals surface area contributed by atoms with Crippen molar-refractivity contribution < 1.29 is 4.79 Å². The number of thiophene rings is 1. The second kappa shape index (κ2) is 6.61. The van der Waals surface area contributed by atoms with Gasteiger partial charge in [-0.25, -0.2) is 4.98 Å². The number of rotatable bonds is 4. The predicted molar refractivity (Wildman–Crippen MR) is 95.1 cm³/mol. The number of aryl methyl sites for hydroxylation is 2. The maximum Gasteiger partial charge on any atom is 0.255 e. The van der Waals surface area contributed by atoms with E-state index in [2.05, 4.69) is 33.8 Å². The largest absolute Gasteiger partial charge is 0.334 e. The van der Waals surface area contributed by atoms with Gasteiger partial charge in [0, 0.05) is 30.6 Å². The minimum Gasteiger partial charge on any atom is -0.334 e. The third-order valence-electron chi connectivity index (χ3n) is 4.53. The summed E-state index contributed by atoms with van der Waals surface area (Å²) in [5.74, 6) is 0.112. The van der Waals surface area contributed by atoms with Crippen LogP contribution in [-0.2, 0) is 25.9 Å². The number of carbonyl (C=O) groups excluding carboxylic acids is 1. The van der Waals surface area contributed by atoms with E-state index in [0.717, 1.165) is 37.2 Å². The highest BCUT2D eigenvalue weighted by Crippen LogP contribution is 2.21. The third kappa shape index (κ3) is 2.99. The monoisotopic (exact) mass is 337 g/mol. The molecule has 4 nitrogen and oxygen atoms in total. The Bertz CT molecular complexity index is 824. The Hall–Kier alpha value is -2.40. The molecule has 1 aliphatic heterocycles. The molecule has 0 saturated carbocycles. The van der Waals surface area contributed by atoms with E-state index >= 15 is 0 Å². The maximum atomic E-state index is 12.5. The van der Waals surface area contributed by atoms with Gasteiger partial charge in [0.25, 0.3) is 5.91 Å². The van der Waals surface area contributed by atoms with E-state index in [4.69, 9.17) is 0 Å². The van der Waals surface area contributed by atoms with Gasteiger partial charge in [-0.3, -0.25) is 4.79 Å². The van der Waals surface area contributed by atoms with Crippen LogP contribution >= 0.6 is 11.3 Å². The Morgan fingerprint density at radius 3 is 2.88 bits per heavy atom. The van der Waals surface area contributed by atoms with Gasteiger partial charge in [0.2, 0.25) is 0 Å². The fraction of sp³-hybridized carbons (Fsp3) is 0.263. The average molecular weight is 337 g/mol. The van der Waals surface area contributed by atoms with Gasteiger partial charge in [-0.2, -0.15) is 11.3 Å². The summed E-state index contributed by atoms with van der Waals surface area (Å²) in [5.41, 5.74) is 4.44. The van der Waals surface area contributed by atoms with Crippen molar-refractivity contribution in [3.63, 3.8) is 0 Å². The molecule has 2 aromatic heterocycles. The van der Waals surface area contributed by atoms with Gasteiger partial charge in [-0.15, -0.1) is 0 Å². The number of fused-ring (bicyclic) bond motifs is 1. The number of hydrogen-bond donors (Lipinski definition) is 0. The van der Waals surface area contributed by atoms with E-state index in [-0.39, 0.29) is 5.91 Å². The zero-order valence-corrected chi connectivity index (χ0v) is 14.2. The minimum absolute atomic E-state index is 0.112. The van der Waals surface area contributed by atoms with Gasteiger partial charge in [0.1, 0.15) is 0 Å². The van der Waals surface area contributed by atoms with E-state index in [1.807, 2.05) is 34.1 Å². The number of benzene rings is 1. The zero-order chi connectivity index (χ0) is 16.4. The highest BCUT2D eigenvalue weighted by atomic mass is 32.1. The van der Waals surface area contributed by atoms with Gasteiger partial charge >= 0.3 is 0 Å². The molecule has 0 aliphatic carbocycles. The van der Waals surface area contributed by atoms with Crippen molar-refractivity contribution in [2.24, 2.45) is 0 Å². The molecule has 3 aromatic rings. The smallest absolute Gasteiger partial charge is 0.255 e. The molecule has 0 fully saturated rings. The van der Waals surface area contributed by atoms with Crippen LogP contribution in [0.3, 0.4) is 0 Å². The summed E-state index contributed by atoms with van der Waals surface area (Å²) in [6.07, 6.45) is 3.80. The average Bonchev–Trinajstić information content (AvgIpc) is 3.30. The van der Waals surface area contributed by atoms with Crippen molar-refractivity contribution >= 4 is 17.2 Å². The van der Waals surface area contributed by atoms with E-state index in [1.165, 1.54) is 11.3 Å². The fourth-order valence-corrected chi connectivity index (χ4v) is 3.83. The highest BCUT2D eigenvalue weighted by molar-refractivity contribution is 7.08. The number of aromatic nitrogens is 2. The standard InChI is InChI=1S/C19H19N3OS/c23-19(16-8-11-24-13-16)21-10-7-18-17(12-21)20-14-22(18)9-6-15-4-2-1-3-5-15/h1-5,8,11,13-14H,6-7,9-10,12H2. The Labute approximate surface area is 145 Å². The SMILES string of the molecule is O=C(c1ccsc1)N1CCc2c(ncn2CCc2ccccc2)C1. The quantitative estimate of drug-likeness (QED) is 0.732. The number of nitrogens with zero attached hydrogens (tertiary/aromatic N) is 3. The number of imidazole rings is 1. The van der Waals surface area contributed by atoms with Crippen molar-refractivity contribution in [1.82, 2.24) is 14.5 Å². The Balaban J connectivity index is 1.44. The summed E-state index contributed by atoms with van der Waals surface area (Å²) in [6, 6.07) is 12.4. The molecule has 24 heavy (non-hydrogen) atoms. The first kappa shape index (κ1) is 15.1. The lowest BCUT2D eigenvalue weighted by Gasteiger charge is -2.27. The third-order valence-corrected chi connectivity index (χ3v) is 5.21. The van der Waals surface area contributed by atoms with Crippen LogP contribution in [0.5, 0.6) is 0 Å². The minimum atomic E-state index is 0.112. The van der Waals surface area contributed by atoms with E-state index < -0.39 is 0 Å². The van der Waals surface area contributed by atoms with Crippen LogP contribution in [0.2, 0.25) is 0 Å².